The summed E-state index contributed by atoms with van der Waals surface area (Å²) in [6, 6.07) is 19.7. The number of hydrogen-bond donors (Lipinski definition) is 0. The van der Waals surface area contributed by atoms with Crippen LogP contribution in [-0.4, -0.2) is 4.57 Å². The number of furan rings is 1. The second-order valence-electron chi connectivity index (χ2n) is 8.08. The molecule has 1 aliphatic carbocycles. The average molecular weight is 459 g/mol. The van der Waals surface area contributed by atoms with E-state index < -0.39 is 0 Å². The lowest BCUT2D eigenvalue weighted by Gasteiger charge is -2.31. The van der Waals surface area contributed by atoms with Gasteiger partial charge in [0.1, 0.15) is 11.5 Å². The molecule has 3 heterocycles. The molecule has 0 bridgehead atoms. The van der Waals surface area contributed by atoms with Crippen LogP contribution in [0.5, 0.6) is 0 Å². The Hall–Kier alpha value is -3.15. The zero-order valence-corrected chi connectivity index (χ0v) is 18.9. The molecule has 4 aromatic rings. The van der Waals surface area contributed by atoms with Crippen molar-refractivity contribution in [3.05, 3.63) is 119 Å². The van der Waals surface area contributed by atoms with Crippen molar-refractivity contribution in [2.24, 2.45) is 4.99 Å². The van der Waals surface area contributed by atoms with E-state index in [0.717, 1.165) is 41.0 Å². The average Bonchev–Trinajstić information content (AvgIpc) is 3.35. The van der Waals surface area contributed by atoms with Gasteiger partial charge in [-0.3, -0.25) is 9.36 Å². The molecule has 0 N–H and O–H groups in total. The van der Waals surface area contributed by atoms with Gasteiger partial charge in [-0.15, -0.1) is 0 Å². The third-order valence-electron chi connectivity index (χ3n) is 6.11. The van der Waals surface area contributed by atoms with Crippen molar-refractivity contribution in [3.63, 3.8) is 0 Å². The van der Waals surface area contributed by atoms with Crippen LogP contribution in [0.3, 0.4) is 0 Å². The van der Waals surface area contributed by atoms with E-state index in [2.05, 4.69) is 18.2 Å². The molecule has 2 aromatic carbocycles. The molecule has 0 amide bonds. The molecule has 158 valence electrons. The fourth-order valence-electron chi connectivity index (χ4n) is 4.66. The third-order valence-corrected chi connectivity index (χ3v) is 7.43. The lowest BCUT2D eigenvalue weighted by atomic mass is 9.83. The van der Waals surface area contributed by atoms with E-state index >= 15 is 0 Å². The minimum absolute atomic E-state index is 0.0712. The van der Waals surface area contributed by atoms with E-state index in [1.54, 1.807) is 10.6 Å². The molecule has 2 aliphatic rings. The van der Waals surface area contributed by atoms with Gasteiger partial charge in [-0.1, -0.05) is 65.4 Å². The highest BCUT2D eigenvalue weighted by atomic mass is 35.5. The van der Waals surface area contributed by atoms with E-state index in [4.69, 9.17) is 21.0 Å². The lowest BCUT2D eigenvalue weighted by Crippen LogP contribution is -2.38. The van der Waals surface area contributed by atoms with Gasteiger partial charge in [0.25, 0.3) is 5.56 Å². The number of thiazole rings is 1. The van der Waals surface area contributed by atoms with Gasteiger partial charge in [0.2, 0.25) is 0 Å². The van der Waals surface area contributed by atoms with Crippen LogP contribution >= 0.6 is 22.9 Å². The normalized spacial score (nSPS) is 17.6. The Balaban J connectivity index is 1.66. The molecular formula is C26H19ClN2O2S. The highest BCUT2D eigenvalue weighted by molar-refractivity contribution is 7.07. The molecule has 0 radical (unpaired) electrons. The van der Waals surface area contributed by atoms with Crippen LogP contribution in [0.15, 0.2) is 80.4 Å². The van der Waals surface area contributed by atoms with Gasteiger partial charge in [0.05, 0.1) is 16.3 Å². The van der Waals surface area contributed by atoms with Gasteiger partial charge in [0, 0.05) is 16.7 Å². The number of benzene rings is 2. The fraction of sp³-hybridized carbons (Fsp3) is 0.154. The van der Waals surface area contributed by atoms with Gasteiger partial charge in [-0.05, 0) is 54.7 Å². The number of rotatable bonds is 2. The molecule has 0 fully saturated rings. The van der Waals surface area contributed by atoms with Crippen LogP contribution in [-0.2, 0) is 6.42 Å². The monoisotopic (exact) mass is 458 g/mol. The molecule has 2 aromatic heterocycles. The number of aromatic nitrogens is 1. The van der Waals surface area contributed by atoms with E-state index in [0.29, 0.717) is 20.1 Å². The summed E-state index contributed by atoms with van der Waals surface area (Å²) in [7, 11) is 0. The second-order valence-corrected chi connectivity index (χ2v) is 9.50. The number of allylic oxidation sites excluding steroid dienone is 1. The van der Waals surface area contributed by atoms with Crippen molar-refractivity contribution < 1.29 is 4.42 Å². The molecule has 0 unspecified atom stereocenters. The number of hydrogen-bond acceptors (Lipinski definition) is 4. The van der Waals surface area contributed by atoms with Crippen LogP contribution in [0, 0.1) is 6.92 Å². The van der Waals surface area contributed by atoms with E-state index in [9.17, 15) is 4.79 Å². The summed E-state index contributed by atoms with van der Waals surface area (Å²) >= 11 is 8.05. The predicted molar refractivity (Wildman–Crippen MR) is 128 cm³/mol. The summed E-state index contributed by atoms with van der Waals surface area (Å²) in [4.78, 5) is 19.3. The molecular weight excluding hydrogens is 440 g/mol. The summed E-state index contributed by atoms with van der Waals surface area (Å²) in [5.74, 6) is 1.47. The van der Waals surface area contributed by atoms with Crippen LogP contribution in [0.2, 0.25) is 5.02 Å². The van der Waals surface area contributed by atoms with Crippen molar-refractivity contribution in [1.29, 1.82) is 0 Å². The molecule has 6 rings (SSSR count). The molecule has 1 atom stereocenters. The van der Waals surface area contributed by atoms with E-state index in [1.807, 2.05) is 49.4 Å². The Bertz CT molecular complexity index is 1590. The maximum atomic E-state index is 13.6. The van der Waals surface area contributed by atoms with Crippen molar-refractivity contribution in [3.8, 4) is 0 Å². The summed E-state index contributed by atoms with van der Waals surface area (Å²) in [5, 5.41) is 0.654. The first-order valence-corrected chi connectivity index (χ1v) is 11.7. The van der Waals surface area contributed by atoms with Gasteiger partial charge in [-0.25, -0.2) is 4.99 Å². The van der Waals surface area contributed by atoms with Crippen LogP contribution < -0.4 is 14.9 Å². The van der Waals surface area contributed by atoms with Gasteiger partial charge < -0.3 is 4.42 Å². The zero-order chi connectivity index (χ0) is 21.8. The first-order valence-electron chi connectivity index (χ1n) is 10.5. The van der Waals surface area contributed by atoms with Crippen LogP contribution in [0.25, 0.3) is 11.8 Å². The van der Waals surface area contributed by atoms with Crippen LogP contribution in [0.4, 0.5) is 0 Å². The van der Waals surface area contributed by atoms with Crippen molar-refractivity contribution >= 4 is 34.7 Å². The maximum absolute atomic E-state index is 13.6. The van der Waals surface area contributed by atoms with E-state index in [-0.39, 0.29) is 11.6 Å². The highest BCUT2D eigenvalue weighted by Gasteiger charge is 2.33. The topological polar surface area (TPSA) is 47.5 Å². The van der Waals surface area contributed by atoms with Gasteiger partial charge in [-0.2, -0.15) is 0 Å². The van der Waals surface area contributed by atoms with E-state index in [1.165, 1.54) is 16.9 Å². The largest absolute Gasteiger partial charge is 0.462 e. The number of fused-ring (bicyclic) bond motifs is 3. The van der Waals surface area contributed by atoms with Gasteiger partial charge in [0.15, 0.2) is 4.80 Å². The van der Waals surface area contributed by atoms with Gasteiger partial charge >= 0.3 is 0 Å². The molecule has 6 heteroatoms. The Kier molecular flexibility index (Phi) is 4.56. The first kappa shape index (κ1) is 19.5. The summed E-state index contributed by atoms with van der Waals surface area (Å²) in [6.07, 6.45) is 3.56. The third kappa shape index (κ3) is 3.04. The summed E-state index contributed by atoms with van der Waals surface area (Å²) in [6.45, 7) is 1.89. The Labute approximate surface area is 193 Å². The molecule has 4 nitrogen and oxygen atoms in total. The molecule has 1 aliphatic heterocycles. The molecule has 0 spiro atoms. The Morgan fingerprint density at radius 1 is 1.09 bits per heavy atom. The molecule has 0 saturated heterocycles. The SMILES string of the molecule is Cc1ccc(/C=c2/sc3n(c2=O)[C@H](c2ccccc2Cl)C2=C(N=3)c3ccccc3CC2)o1. The Morgan fingerprint density at radius 3 is 2.72 bits per heavy atom. The lowest BCUT2D eigenvalue weighted by molar-refractivity contribution is 0.524. The maximum Gasteiger partial charge on any atom is 0.271 e. The second kappa shape index (κ2) is 7.47. The Morgan fingerprint density at radius 2 is 1.91 bits per heavy atom. The quantitative estimate of drug-likeness (QED) is 0.430. The standard InChI is InChI=1S/C26H19ClN2O2S/c1-15-10-12-17(31-15)14-22-25(30)29-24(19-8-4-5-9-21(19)27)20-13-11-16-6-2-3-7-18(16)23(20)28-26(29)32-22/h2-10,12,14,24H,11,13H2,1H3/b22-14+/t24-/m1/s1. The minimum atomic E-state index is -0.274. The fourth-order valence-corrected chi connectivity index (χ4v) is 5.88. The molecule has 0 saturated carbocycles. The van der Waals surface area contributed by atoms with Crippen LogP contribution in [0.1, 0.15) is 40.7 Å². The first-order chi connectivity index (χ1) is 15.6. The highest BCUT2D eigenvalue weighted by Crippen LogP contribution is 2.42. The predicted octanol–water partition coefficient (Wildman–Crippen LogP) is 4.87. The number of halogens is 1. The number of nitrogens with zero attached hydrogens (tertiary/aromatic N) is 2. The van der Waals surface area contributed by atoms with Crippen molar-refractivity contribution in [2.75, 3.05) is 0 Å². The van der Waals surface area contributed by atoms with Crippen molar-refractivity contribution in [2.45, 2.75) is 25.8 Å². The minimum Gasteiger partial charge on any atom is -0.462 e. The summed E-state index contributed by atoms with van der Waals surface area (Å²) in [5.41, 5.74) is 5.40. The summed E-state index contributed by atoms with van der Waals surface area (Å²) < 4.78 is 8.09. The smallest absolute Gasteiger partial charge is 0.271 e. The zero-order valence-electron chi connectivity index (χ0n) is 17.3. The molecule has 32 heavy (non-hydrogen) atoms. The number of aryl methyl sites for hydroxylation is 2. The van der Waals surface area contributed by atoms with Crippen molar-refractivity contribution in [1.82, 2.24) is 4.57 Å².